The fourth-order valence-corrected chi connectivity index (χ4v) is 1.47. The van der Waals surface area contributed by atoms with Gasteiger partial charge in [0.15, 0.2) is 0 Å². The Morgan fingerprint density at radius 1 is 1.47 bits per heavy atom. The zero-order valence-electron chi connectivity index (χ0n) is 9.70. The van der Waals surface area contributed by atoms with Crippen molar-refractivity contribution in [2.75, 3.05) is 6.61 Å². The fourth-order valence-electron chi connectivity index (χ4n) is 1.47. The van der Waals surface area contributed by atoms with Crippen LogP contribution in [0.1, 0.15) is 19.4 Å². The van der Waals surface area contributed by atoms with E-state index in [1.54, 1.807) is 0 Å². The van der Waals surface area contributed by atoms with E-state index in [2.05, 4.69) is 10.4 Å². The van der Waals surface area contributed by atoms with E-state index in [0.29, 0.717) is 0 Å². The summed E-state index contributed by atoms with van der Waals surface area (Å²) in [6.07, 6.45) is -2.66. The average Bonchev–Trinajstić information content (AvgIpc) is 2.63. The molecule has 1 aromatic heterocycles. The van der Waals surface area contributed by atoms with Crippen LogP contribution in [0, 0.1) is 0 Å². The molecule has 0 saturated heterocycles. The number of nitrogens with one attached hydrogen (secondary N) is 1. The normalized spacial score (nSPS) is 14.3. The van der Waals surface area contributed by atoms with Crippen molar-refractivity contribution in [3.05, 3.63) is 18.0 Å². The van der Waals surface area contributed by atoms with Gasteiger partial charge in [-0.05, 0) is 0 Å². The lowest BCUT2D eigenvalue weighted by Gasteiger charge is -2.18. The van der Waals surface area contributed by atoms with E-state index in [1.807, 2.05) is 13.8 Å². The predicted molar refractivity (Wildman–Crippen MR) is 56.4 cm³/mol. The third kappa shape index (κ3) is 4.35. The molecule has 2 N–H and O–H groups in total. The molecule has 0 fully saturated rings. The Balaban J connectivity index is 2.65. The summed E-state index contributed by atoms with van der Waals surface area (Å²) < 4.78 is 38.1. The highest BCUT2D eigenvalue weighted by molar-refractivity contribution is 5.08. The number of aromatic nitrogens is 2. The van der Waals surface area contributed by atoms with Gasteiger partial charge in [-0.25, -0.2) is 0 Å². The highest BCUT2D eigenvalue weighted by atomic mass is 19.4. The molecule has 1 aromatic rings. The van der Waals surface area contributed by atoms with Crippen LogP contribution in [-0.2, 0) is 12.7 Å². The third-order valence-electron chi connectivity index (χ3n) is 2.16. The van der Waals surface area contributed by atoms with Gasteiger partial charge in [0.25, 0.3) is 0 Å². The highest BCUT2D eigenvalue weighted by Gasteiger charge is 2.32. The van der Waals surface area contributed by atoms with Crippen LogP contribution in [-0.4, -0.2) is 33.6 Å². The first kappa shape index (κ1) is 14.0. The van der Waals surface area contributed by atoms with Crippen LogP contribution >= 0.6 is 0 Å². The molecule has 0 amide bonds. The molecule has 0 radical (unpaired) electrons. The van der Waals surface area contributed by atoms with Crippen molar-refractivity contribution in [3.8, 4) is 0 Å². The largest absolute Gasteiger partial charge is 0.419 e. The highest BCUT2D eigenvalue weighted by Crippen LogP contribution is 2.28. The van der Waals surface area contributed by atoms with Gasteiger partial charge in [-0.2, -0.15) is 18.3 Å². The summed E-state index contributed by atoms with van der Waals surface area (Å²) in [5.41, 5.74) is -0.779. The monoisotopic (exact) mass is 251 g/mol. The molecule has 0 aliphatic heterocycles. The van der Waals surface area contributed by atoms with Crippen LogP contribution in [0.4, 0.5) is 13.2 Å². The van der Waals surface area contributed by atoms with Crippen molar-refractivity contribution in [2.24, 2.45) is 0 Å². The number of aliphatic hydroxyl groups excluding tert-OH is 1. The Hall–Kier alpha value is -1.08. The van der Waals surface area contributed by atoms with Gasteiger partial charge in [-0.3, -0.25) is 4.68 Å². The molecular formula is C10H16F3N3O. The summed E-state index contributed by atoms with van der Waals surface area (Å²) in [5.74, 6) is 0. The number of hydrogen-bond donors (Lipinski definition) is 2. The van der Waals surface area contributed by atoms with Crippen molar-refractivity contribution < 1.29 is 18.3 Å². The molecule has 0 bridgehead atoms. The third-order valence-corrected chi connectivity index (χ3v) is 2.16. The zero-order chi connectivity index (χ0) is 13.1. The van der Waals surface area contributed by atoms with Gasteiger partial charge in [0.2, 0.25) is 0 Å². The van der Waals surface area contributed by atoms with Gasteiger partial charge in [0.1, 0.15) is 0 Å². The van der Waals surface area contributed by atoms with Crippen LogP contribution in [0.5, 0.6) is 0 Å². The number of hydrogen-bond acceptors (Lipinski definition) is 3. The summed E-state index contributed by atoms with van der Waals surface area (Å²) in [7, 11) is 0. The van der Waals surface area contributed by atoms with Crippen LogP contribution in [0.15, 0.2) is 12.4 Å². The van der Waals surface area contributed by atoms with Gasteiger partial charge in [-0.15, -0.1) is 0 Å². The smallest absolute Gasteiger partial charge is 0.395 e. The maximum absolute atomic E-state index is 12.3. The van der Waals surface area contributed by atoms with Crippen molar-refractivity contribution in [3.63, 3.8) is 0 Å². The van der Waals surface area contributed by atoms with Crippen molar-refractivity contribution in [1.29, 1.82) is 0 Å². The molecule has 7 heteroatoms. The average molecular weight is 251 g/mol. The Labute approximate surface area is 97.4 Å². The lowest BCUT2D eigenvalue weighted by atomic mass is 10.2. The molecule has 0 saturated carbocycles. The second-order valence-electron chi connectivity index (χ2n) is 4.15. The number of halogens is 3. The molecule has 1 unspecified atom stereocenters. The first-order valence-corrected chi connectivity index (χ1v) is 5.29. The van der Waals surface area contributed by atoms with Crippen LogP contribution in [0.3, 0.4) is 0 Å². The van der Waals surface area contributed by atoms with Crippen LogP contribution in [0.25, 0.3) is 0 Å². The van der Waals surface area contributed by atoms with Crippen LogP contribution in [0.2, 0.25) is 0 Å². The maximum atomic E-state index is 12.3. The zero-order valence-corrected chi connectivity index (χ0v) is 9.70. The topological polar surface area (TPSA) is 50.1 Å². The Kier molecular flexibility index (Phi) is 4.53. The van der Waals surface area contributed by atoms with E-state index in [1.165, 1.54) is 4.68 Å². The molecule has 1 atom stereocenters. The first-order valence-electron chi connectivity index (χ1n) is 5.29. The van der Waals surface area contributed by atoms with E-state index in [-0.39, 0.29) is 25.2 Å². The number of rotatable bonds is 5. The Morgan fingerprint density at radius 2 is 2.12 bits per heavy atom. The molecule has 0 aromatic carbocycles. The van der Waals surface area contributed by atoms with Gasteiger partial charge in [0, 0.05) is 18.3 Å². The van der Waals surface area contributed by atoms with Gasteiger partial charge in [0.05, 0.1) is 24.9 Å². The van der Waals surface area contributed by atoms with E-state index >= 15 is 0 Å². The van der Waals surface area contributed by atoms with Crippen LogP contribution < -0.4 is 5.32 Å². The van der Waals surface area contributed by atoms with Gasteiger partial charge >= 0.3 is 6.18 Å². The summed E-state index contributed by atoms with van der Waals surface area (Å²) in [4.78, 5) is 0. The minimum Gasteiger partial charge on any atom is -0.395 e. The van der Waals surface area contributed by atoms with Gasteiger partial charge < -0.3 is 10.4 Å². The summed E-state index contributed by atoms with van der Waals surface area (Å²) in [6.45, 7) is 3.84. The lowest BCUT2D eigenvalue weighted by molar-refractivity contribution is -0.137. The second-order valence-corrected chi connectivity index (χ2v) is 4.15. The second kappa shape index (κ2) is 5.50. The molecule has 98 valence electrons. The Morgan fingerprint density at radius 3 is 2.53 bits per heavy atom. The molecular weight excluding hydrogens is 235 g/mol. The van der Waals surface area contributed by atoms with E-state index in [0.717, 1.165) is 12.4 Å². The minimum absolute atomic E-state index is 0.143. The summed E-state index contributed by atoms with van der Waals surface area (Å²) >= 11 is 0. The van der Waals surface area contributed by atoms with E-state index in [4.69, 9.17) is 5.11 Å². The van der Waals surface area contributed by atoms with Gasteiger partial charge in [-0.1, -0.05) is 13.8 Å². The molecule has 1 heterocycles. The molecule has 0 aliphatic carbocycles. The van der Waals surface area contributed by atoms with E-state index < -0.39 is 11.7 Å². The molecule has 0 spiro atoms. The maximum Gasteiger partial charge on any atom is 0.419 e. The standard InChI is InChI=1S/C10H16F3N3O/c1-7(2)15-9(6-17)5-16-4-8(3-14-16)10(11,12)13/h3-4,7,9,15,17H,5-6H2,1-2H3. The predicted octanol–water partition coefficient (Wildman–Crippen LogP) is 1.26. The molecule has 17 heavy (non-hydrogen) atoms. The van der Waals surface area contributed by atoms with Crippen molar-refractivity contribution in [2.45, 2.75) is 38.7 Å². The quantitative estimate of drug-likeness (QED) is 0.828. The number of alkyl halides is 3. The Bertz CT molecular complexity index is 349. The molecule has 0 aliphatic rings. The molecule has 1 rings (SSSR count). The van der Waals surface area contributed by atoms with Crippen molar-refractivity contribution >= 4 is 0 Å². The lowest BCUT2D eigenvalue weighted by Crippen LogP contribution is -2.40. The summed E-state index contributed by atoms with van der Waals surface area (Å²) in [6, 6.07) is -0.166. The number of nitrogens with zero attached hydrogens (tertiary/aromatic N) is 2. The SMILES string of the molecule is CC(C)NC(CO)Cn1cc(C(F)(F)F)cn1. The first-order chi connectivity index (χ1) is 7.82. The van der Waals surface area contributed by atoms with E-state index in [9.17, 15) is 13.2 Å². The number of aliphatic hydroxyl groups is 1. The minimum atomic E-state index is -4.38. The molecule has 4 nitrogen and oxygen atoms in total. The van der Waals surface area contributed by atoms with Crippen molar-refractivity contribution in [1.82, 2.24) is 15.1 Å². The fraction of sp³-hybridized carbons (Fsp3) is 0.700. The summed E-state index contributed by atoms with van der Waals surface area (Å²) in [5, 5.41) is 15.7.